The van der Waals surface area contributed by atoms with E-state index in [0.717, 1.165) is 25.7 Å². The van der Waals surface area contributed by atoms with Gasteiger partial charge in [0.15, 0.2) is 18.2 Å². The highest BCUT2D eigenvalue weighted by Crippen LogP contribution is 2.29. The van der Waals surface area contributed by atoms with Crippen LogP contribution >= 0.6 is 11.3 Å². The molecule has 3 rings (SSSR count). The lowest BCUT2D eigenvalue weighted by atomic mass is 9.99. The van der Waals surface area contributed by atoms with E-state index in [0.29, 0.717) is 4.88 Å². The second kappa shape index (κ2) is 7.44. The van der Waals surface area contributed by atoms with Crippen molar-refractivity contribution in [3.63, 3.8) is 0 Å². The number of hydrazine groups is 1. The summed E-state index contributed by atoms with van der Waals surface area (Å²) in [6.07, 6.45) is 4.31. The largest absolute Gasteiger partial charge is 0.481 e. The highest BCUT2D eigenvalue weighted by atomic mass is 32.1. The van der Waals surface area contributed by atoms with Crippen molar-refractivity contribution in [3.05, 3.63) is 51.5 Å². The van der Waals surface area contributed by atoms with E-state index < -0.39 is 11.7 Å². The zero-order valence-corrected chi connectivity index (χ0v) is 13.7. The summed E-state index contributed by atoms with van der Waals surface area (Å²) in [7, 11) is 0. The molecule has 2 N–H and O–H groups in total. The van der Waals surface area contributed by atoms with Crippen LogP contribution < -0.4 is 15.6 Å². The molecule has 2 aromatic rings. The van der Waals surface area contributed by atoms with Crippen molar-refractivity contribution >= 4 is 23.2 Å². The number of hydrogen-bond acceptors (Lipinski definition) is 4. The Balaban J connectivity index is 1.48. The molecule has 2 amide bonds. The number of nitrogens with one attached hydrogen (secondary N) is 2. The summed E-state index contributed by atoms with van der Waals surface area (Å²) in [4.78, 5) is 25.6. The van der Waals surface area contributed by atoms with E-state index in [1.54, 1.807) is 6.07 Å². The molecule has 0 fully saturated rings. The number of carbonyl (C=O) groups is 2. The topological polar surface area (TPSA) is 67.4 Å². The van der Waals surface area contributed by atoms with Crippen LogP contribution in [0.25, 0.3) is 0 Å². The van der Waals surface area contributed by atoms with E-state index >= 15 is 0 Å². The first-order chi connectivity index (χ1) is 11.6. The molecule has 126 valence electrons. The lowest BCUT2D eigenvalue weighted by Crippen LogP contribution is -2.43. The number of rotatable bonds is 4. The number of ether oxygens (including phenoxy) is 1. The third-order valence-corrected chi connectivity index (χ3v) is 4.97. The number of carbonyl (C=O) groups excluding carboxylic acids is 2. The standard InChI is InChI=1S/C17H17FN2O3S/c18-12-6-2-3-7-13(12)23-10-16(21)19-20-17(22)15-9-11-5-1-4-8-14(11)24-15/h2-3,6-7,9H,1,4-5,8,10H2,(H,19,21)(H,20,22). The number of amides is 2. The van der Waals surface area contributed by atoms with E-state index in [-0.39, 0.29) is 18.3 Å². The molecule has 5 nitrogen and oxygen atoms in total. The normalized spacial score (nSPS) is 13.0. The van der Waals surface area contributed by atoms with Gasteiger partial charge in [0.2, 0.25) is 0 Å². The van der Waals surface area contributed by atoms with Crippen LogP contribution in [-0.2, 0) is 17.6 Å². The molecule has 0 radical (unpaired) electrons. The van der Waals surface area contributed by atoms with E-state index in [9.17, 15) is 14.0 Å². The van der Waals surface area contributed by atoms with Crippen molar-refractivity contribution in [2.45, 2.75) is 25.7 Å². The van der Waals surface area contributed by atoms with Gasteiger partial charge < -0.3 is 4.74 Å². The van der Waals surface area contributed by atoms with Gasteiger partial charge in [-0.05, 0) is 49.4 Å². The Morgan fingerprint density at radius 2 is 1.96 bits per heavy atom. The van der Waals surface area contributed by atoms with Crippen molar-refractivity contribution in [1.29, 1.82) is 0 Å². The molecule has 0 atom stereocenters. The molecule has 1 heterocycles. The van der Waals surface area contributed by atoms with Crippen LogP contribution in [0.3, 0.4) is 0 Å². The average molecular weight is 348 g/mol. The molecule has 0 saturated carbocycles. The Bertz CT molecular complexity index is 737. The Kier molecular flexibility index (Phi) is 5.10. The van der Waals surface area contributed by atoms with Gasteiger partial charge in [-0.25, -0.2) is 4.39 Å². The third-order valence-electron chi connectivity index (χ3n) is 3.73. The van der Waals surface area contributed by atoms with Crippen molar-refractivity contribution in [3.8, 4) is 5.75 Å². The number of halogens is 1. The van der Waals surface area contributed by atoms with Gasteiger partial charge in [0.1, 0.15) is 0 Å². The van der Waals surface area contributed by atoms with E-state index in [1.807, 2.05) is 6.07 Å². The fraction of sp³-hybridized carbons (Fsp3) is 0.294. The summed E-state index contributed by atoms with van der Waals surface area (Å²) in [5.74, 6) is -1.47. The Morgan fingerprint density at radius 1 is 1.17 bits per heavy atom. The summed E-state index contributed by atoms with van der Waals surface area (Å²) in [6, 6.07) is 7.70. The minimum absolute atomic E-state index is 0.00934. The molecule has 1 aromatic heterocycles. The Hall–Kier alpha value is -2.41. The fourth-order valence-electron chi connectivity index (χ4n) is 2.53. The number of hydrogen-bond donors (Lipinski definition) is 2. The maximum atomic E-state index is 13.4. The number of aryl methyl sites for hydroxylation is 2. The van der Waals surface area contributed by atoms with Gasteiger partial charge in [0.05, 0.1) is 4.88 Å². The lowest BCUT2D eigenvalue weighted by Gasteiger charge is -2.08. The van der Waals surface area contributed by atoms with Gasteiger partial charge in [-0.2, -0.15) is 0 Å². The smallest absolute Gasteiger partial charge is 0.279 e. The highest BCUT2D eigenvalue weighted by molar-refractivity contribution is 7.14. The molecule has 1 aliphatic rings. The fourth-order valence-corrected chi connectivity index (χ4v) is 3.68. The number of benzene rings is 1. The predicted octanol–water partition coefficient (Wildman–Crippen LogP) is 2.61. The number of para-hydroxylation sites is 1. The van der Waals surface area contributed by atoms with Gasteiger partial charge >= 0.3 is 0 Å². The maximum Gasteiger partial charge on any atom is 0.279 e. The Labute approximate surface area is 142 Å². The highest BCUT2D eigenvalue weighted by Gasteiger charge is 2.17. The SMILES string of the molecule is O=C(COc1ccccc1F)NNC(=O)c1cc2c(s1)CCCC2. The van der Waals surface area contributed by atoms with Crippen LogP contribution in [0.15, 0.2) is 30.3 Å². The summed E-state index contributed by atoms with van der Waals surface area (Å²) in [5, 5.41) is 0. The minimum atomic E-state index is -0.562. The van der Waals surface area contributed by atoms with Gasteiger partial charge in [0, 0.05) is 4.88 Å². The molecule has 0 spiro atoms. The summed E-state index contributed by atoms with van der Waals surface area (Å²) in [5.41, 5.74) is 5.86. The molecule has 0 saturated heterocycles. The molecule has 0 aliphatic heterocycles. The Morgan fingerprint density at radius 3 is 2.75 bits per heavy atom. The molecule has 1 aliphatic carbocycles. The van der Waals surface area contributed by atoms with Crippen LogP contribution in [0.5, 0.6) is 5.75 Å². The van der Waals surface area contributed by atoms with Crippen LogP contribution in [0, 0.1) is 5.82 Å². The molecule has 24 heavy (non-hydrogen) atoms. The van der Waals surface area contributed by atoms with Gasteiger partial charge in [-0.1, -0.05) is 12.1 Å². The quantitative estimate of drug-likeness (QED) is 0.835. The zero-order valence-electron chi connectivity index (χ0n) is 12.9. The van der Waals surface area contributed by atoms with Crippen molar-refractivity contribution in [2.75, 3.05) is 6.61 Å². The second-order valence-corrected chi connectivity index (χ2v) is 6.62. The van der Waals surface area contributed by atoms with Crippen molar-refractivity contribution in [1.82, 2.24) is 10.9 Å². The maximum absolute atomic E-state index is 13.4. The van der Waals surface area contributed by atoms with E-state index in [2.05, 4.69) is 10.9 Å². The van der Waals surface area contributed by atoms with Crippen molar-refractivity contribution < 1.29 is 18.7 Å². The number of fused-ring (bicyclic) bond motifs is 1. The first-order valence-corrected chi connectivity index (χ1v) is 8.53. The number of thiophene rings is 1. The van der Waals surface area contributed by atoms with Gasteiger partial charge in [-0.15, -0.1) is 11.3 Å². The molecular formula is C17H17FN2O3S. The predicted molar refractivity (Wildman–Crippen MR) is 88.5 cm³/mol. The van der Waals surface area contributed by atoms with Crippen LogP contribution in [0.1, 0.15) is 33.0 Å². The molecule has 0 unspecified atom stereocenters. The molecule has 0 bridgehead atoms. The monoisotopic (exact) mass is 348 g/mol. The summed E-state index contributed by atoms with van der Waals surface area (Å²) in [6.45, 7) is -0.387. The van der Waals surface area contributed by atoms with Gasteiger partial charge in [-0.3, -0.25) is 20.4 Å². The van der Waals surface area contributed by atoms with E-state index in [4.69, 9.17) is 4.74 Å². The van der Waals surface area contributed by atoms with Crippen LogP contribution in [0.2, 0.25) is 0 Å². The zero-order chi connectivity index (χ0) is 16.9. The first-order valence-electron chi connectivity index (χ1n) is 7.71. The average Bonchev–Trinajstić information content (AvgIpc) is 3.03. The second-order valence-electron chi connectivity index (χ2n) is 5.49. The van der Waals surface area contributed by atoms with Gasteiger partial charge in [0.25, 0.3) is 11.8 Å². The van der Waals surface area contributed by atoms with E-state index in [1.165, 1.54) is 40.0 Å². The molecular weight excluding hydrogens is 331 g/mol. The first kappa shape index (κ1) is 16.4. The summed E-state index contributed by atoms with van der Waals surface area (Å²) >= 11 is 1.46. The lowest BCUT2D eigenvalue weighted by molar-refractivity contribution is -0.123. The summed E-state index contributed by atoms with van der Waals surface area (Å²) < 4.78 is 18.4. The minimum Gasteiger partial charge on any atom is -0.481 e. The molecule has 1 aromatic carbocycles. The van der Waals surface area contributed by atoms with Crippen LogP contribution in [0.4, 0.5) is 4.39 Å². The molecule has 7 heteroatoms. The van der Waals surface area contributed by atoms with Crippen molar-refractivity contribution in [2.24, 2.45) is 0 Å². The third kappa shape index (κ3) is 3.91. The van der Waals surface area contributed by atoms with Crippen LogP contribution in [-0.4, -0.2) is 18.4 Å².